The van der Waals surface area contributed by atoms with E-state index in [0.29, 0.717) is 11.8 Å². The molecule has 3 aromatic rings. The molecule has 0 aromatic carbocycles. The minimum absolute atomic E-state index is 0.0762. The Kier molecular flexibility index (Phi) is 5.02. The normalized spacial score (nSPS) is 17.9. The molecule has 1 amide bonds. The Balaban J connectivity index is 1.37. The van der Waals surface area contributed by atoms with E-state index < -0.39 is 0 Å². The molecule has 0 spiro atoms. The highest BCUT2D eigenvalue weighted by Crippen LogP contribution is 2.38. The predicted molar refractivity (Wildman–Crippen MR) is 118 cm³/mol. The van der Waals surface area contributed by atoms with Crippen LogP contribution in [-0.4, -0.2) is 53.8 Å². The standard InChI is InChI=1S/C23H31N7O/c1-13(2)19-11-17(18-12-24-30(14(3)4)22(18)25-19)23(31)29-9-7-16(8-10-29)21-26-20(27-28-21)15-5-6-15/h11-16H,5-10H2,1-4H3,(H,26,27,28). The lowest BCUT2D eigenvalue weighted by molar-refractivity contribution is 0.0713. The number of aromatic amines is 1. The lowest BCUT2D eigenvalue weighted by atomic mass is 9.95. The Labute approximate surface area is 182 Å². The van der Waals surface area contributed by atoms with Crippen molar-refractivity contribution in [3.63, 3.8) is 0 Å². The molecule has 8 heteroatoms. The van der Waals surface area contributed by atoms with Crippen molar-refractivity contribution in [1.29, 1.82) is 0 Å². The van der Waals surface area contributed by atoms with Crippen molar-refractivity contribution in [3.8, 4) is 0 Å². The summed E-state index contributed by atoms with van der Waals surface area (Å²) in [6.45, 7) is 9.83. The van der Waals surface area contributed by atoms with Crippen LogP contribution in [0.15, 0.2) is 12.3 Å². The van der Waals surface area contributed by atoms with Crippen molar-refractivity contribution in [2.45, 2.75) is 77.2 Å². The Morgan fingerprint density at radius 1 is 1.06 bits per heavy atom. The number of hydrogen-bond donors (Lipinski definition) is 1. The zero-order chi connectivity index (χ0) is 21.7. The monoisotopic (exact) mass is 421 g/mol. The van der Waals surface area contributed by atoms with Crippen molar-refractivity contribution in [2.24, 2.45) is 0 Å². The van der Waals surface area contributed by atoms with Gasteiger partial charge in [-0.25, -0.2) is 14.6 Å². The predicted octanol–water partition coefficient (Wildman–Crippen LogP) is 4.15. The molecule has 1 aliphatic carbocycles. The third kappa shape index (κ3) is 3.72. The molecule has 0 atom stereocenters. The molecule has 3 aromatic heterocycles. The van der Waals surface area contributed by atoms with E-state index in [1.807, 2.05) is 15.6 Å². The maximum Gasteiger partial charge on any atom is 0.254 e. The number of carbonyl (C=O) groups is 1. The minimum atomic E-state index is 0.0762. The highest BCUT2D eigenvalue weighted by molar-refractivity contribution is 6.05. The first kappa shape index (κ1) is 20.2. The molecule has 2 aliphatic rings. The number of carbonyl (C=O) groups excluding carboxylic acids is 1. The van der Waals surface area contributed by atoms with E-state index in [2.05, 4.69) is 43.0 Å². The van der Waals surface area contributed by atoms with Crippen molar-refractivity contribution in [1.82, 2.24) is 34.8 Å². The number of pyridine rings is 1. The van der Waals surface area contributed by atoms with E-state index in [0.717, 1.165) is 59.9 Å². The quantitative estimate of drug-likeness (QED) is 0.668. The van der Waals surface area contributed by atoms with Crippen molar-refractivity contribution < 1.29 is 4.79 Å². The van der Waals surface area contributed by atoms with Crippen LogP contribution >= 0.6 is 0 Å². The van der Waals surface area contributed by atoms with Gasteiger partial charge in [0.05, 0.1) is 17.1 Å². The van der Waals surface area contributed by atoms with Gasteiger partial charge in [-0.2, -0.15) is 10.2 Å². The lowest BCUT2D eigenvalue weighted by Gasteiger charge is -2.31. The van der Waals surface area contributed by atoms with E-state index in [1.54, 1.807) is 6.20 Å². The SMILES string of the molecule is CC(C)c1cc(C(=O)N2CCC(c3nc(C4CC4)n[nH]3)CC2)c2cnn(C(C)C)c2n1. The van der Waals surface area contributed by atoms with Crippen LogP contribution in [-0.2, 0) is 0 Å². The molecule has 8 nitrogen and oxygen atoms in total. The van der Waals surface area contributed by atoms with Gasteiger partial charge < -0.3 is 4.90 Å². The van der Waals surface area contributed by atoms with Gasteiger partial charge in [-0.1, -0.05) is 13.8 Å². The maximum absolute atomic E-state index is 13.5. The Bertz CT molecular complexity index is 1100. The summed E-state index contributed by atoms with van der Waals surface area (Å²) in [6.07, 6.45) is 6.01. The Morgan fingerprint density at radius 3 is 2.45 bits per heavy atom. The zero-order valence-corrected chi connectivity index (χ0v) is 18.8. The third-order valence-corrected chi connectivity index (χ3v) is 6.53. The number of rotatable bonds is 5. The van der Waals surface area contributed by atoms with Crippen LogP contribution in [0.5, 0.6) is 0 Å². The zero-order valence-electron chi connectivity index (χ0n) is 18.8. The van der Waals surface area contributed by atoms with E-state index >= 15 is 0 Å². The van der Waals surface area contributed by atoms with E-state index in [9.17, 15) is 4.79 Å². The molecule has 4 heterocycles. The van der Waals surface area contributed by atoms with E-state index in [1.165, 1.54) is 12.8 Å². The molecular weight excluding hydrogens is 390 g/mol. The summed E-state index contributed by atoms with van der Waals surface area (Å²) in [6, 6.07) is 2.15. The number of nitrogens with one attached hydrogen (secondary N) is 1. The summed E-state index contributed by atoms with van der Waals surface area (Å²) < 4.78 is 1.91. The topological polar surface area (TPSA) is 92.6 Å². The van der Waals surface area contributed by atoms with Crippen LogP contribution in [0.2, 0.25) is 0 Å². The summed E-state index contributed by atoms with van der Waals surface area (Å²) in [4.78, 5) is 25.1. The summed E-state index contributed by atoms with van der Waals surface area (Å²) in [5, 5.41) is 12.9. The van der Waals surface area contributed by atoms with Gasteiger partial charge in [-0.05, 0) is 51.5 Å². The van der Waals surface area contributed by atoms with Gasteiger partial charge in [0.25, 0.3) is 5.91 Å². The Hall–Kier alpha value is -2.77. The fourth-order valence-electron chi connectivity index (χ4n) is 4.41. The van der Waals surface area contributed by atoms with E-state index in [-0.39, 0.29) is 17.9 Å². The Morgan fingerprint density at radius 2 is 1.81 bits per heavy atom. The number of nitrogens with zero attached hydrogens (tertiary/aromatic N) is 6. The smallest absolute Gasteiger partial charge is 0.254 e. The van der Waals surface area contributed by atoms with Crippen LogP contribution in [0.3, 0.4) is 0 Å². The fraction of sp³-hybridized carbons (Fsp3) is 0.609. The maximum atomic E-state index is 13.5. The highest BCUT2D eigenvalue weighted by Gasteiger charge is 2.31. The number of hydrogen-bond acceptors (Lipinski definition) is 5. The highest BCUT2D eigenvalue weighted by atomic mass is 16.2. The van der Waals surface area contributed by atoms with Gasteiger partial charge in [0.15, 0.2) is 11.5 Å². The van der Waals surface area contributed by atoms with Gasteiger partial charge in [0, 0.05) is 36.7 Å². The second-order valence-corrected chi connectivity index (χ2v) is 9.59. The second kappa shape index (κ2) is 7.73. The molecule has 31 heavy (non-hydrogen) atoms. The van der Waals surface area contributed by atoms with Crippen LogP contribution < -0.4 is 0 Å². The fourth-order valence-corrected chi connectivity index (χ4v) is 4.41. The first-order chi connectivity index (χ1) is 14.9. The number of fused-ring (bicyclic) bond motifs is 1. The molecule has 2 fully saturated rings. The van der Waals surface area contributed by atoms with Crippen molar-refractivity contribution in [2.75, 3.05) is 13.1 Å². The largest absolute Gasteiger partial charge is 0.339 e. The molecule has 0 radical (unpaired) electrons. The average Bonchev–Trinajstić information content (AvgIpc) is 3.33. The molecule has 1 N–H and O–H groups in total. The molecular formula is C23H31N7O. The van der Waals surface area contributed by atoms with Gasteiger partial charge in [0.1, 0.15) is 5.82 Å². The minimum Gasteiger partial charge on any atom is -0.339 e. The summed E-state index contributed by atoms with van der Waals surface area (Å²) in [7, 11) is 0. The molecule has 0 bridgehead atoms. The number of aromatic nitrogens is 6. The first-order valence-electron chi connectivity index (χ1n) is 11.5. The van der Waals surface area contributed by atoms with Gasteiger partial charge >= 0.3 is 0 Å². The number of likely N-dealkylation sites (tertiary alicyclic amines) is 1. The molecule has 1 saturated heterocycles. The second-order valence-electron chi connectivity index (χ2n) is 9.59. The third-order valence-electron chi connectivity index (χ3n) is 6.53. The van der Waals surface area contributed by atoms with Crippen molar-refractivity contribution >= 4 is 16.9 Å². The molecule has 1 aliphatic heterocycles. The molecule has 164 valence electrons. The summed E-state index contributed by atoms with van der Waals surface area (Å²) >= 11 is 0. The number of piperidine rings is 1. The lowest BCUT2D eigenvalue weighted by Crippen LogP contribution is -2.38. The summed E-state index contributed by atoms with van der Waals surface area (Å²) in [5.74, 6) is 3.17. The number of H-pyrrole nitrogens is 1. The van der Waals surface area contributed by atoms with E-state index in [4.69, 9.17) is 9.97 Å². The average molecular weight is 422 g/mol. The van der Waals surface area contributed by atoms with Gasteiger partial charge in [-0.3, -0.25) is 9.89 Å². The van der Waals surface area contributed by atoms with Gasteiger partial charge in [0.2, 0.25) is 0 Å². The van der Waals surface area contributed by atoms with Crippen LogP contribution in [0.1, 0.15) is 105 Å². The van der Waals surface area contributed by atoms with Crippen LogP contribution in [0.25, 0.3) is 11.0 Å². The van der Waals surface area contributed by atoms with Gasteiger partial charge in [-0.15, -0.1) is 0 Å². The first-order valence-corrected chi connectivity index (χ1v) is 11.5. The summed E-state index contributed by atoms with van der Waals surface area (Å²) in [5.41, 5.74) is 2.45. The molecule has 5 rings (SSSR count). The van der Waals surface area contributed by atoms with Crippen LogP contribution in [0.4, 0.5) is 0 Å². The number of amides is 1. The van der Waals surface area contributed by atoms with Crippen LogP contribution in [0, 0.1) is 0 Å². The van der Waals surface area contributed by atoms with Crippen molar-refractivity contribution in [3.05, 3.63) is 35.2 Å². The molecule has 0 unspecified atom stereocenters. The molecule has 1 saturated carbocycles.